The highest BCUT2D eigenvalue weighted by Gasteiger charge is 2.19. The smallest absolute Gasteiger partial charge is 0.254 e. The van der Waals surface area contributed by atoms with Crippen molar-refractivity contribution in [1.82, 2.24) is 9.88 Å². The predicted octanol–water partition coefficient (Wildman–Crippen LogP) is 4.44. The molecule has 0 aliphatic carbocycles. The lowest BCUT2D eigenvalue weighted by molar-refractivity contribution is 0.0690. The number of hydrogen-bond donors (Lipinski definition) is 0. The molecule has 0 saturated heterocycles. The van der Waals surface area contributed by atoms with E-state index in [-0.39, 0.29) is 11.9 Å². The molecule has 1 aromatic carbocycles. The Morgan fingerprint density at radius 2 is 2.00 bits per heavy atom. The fourth-order valence-electron chi connectivity index (χ4n) is 2.02. The topological polar surface area (TPSA) is 33.2 Å². The van der Waals surface area contributed by atoms with Crippen molar-refractivity contribution in [2.45, 2.75) is 26.4 Å². The highest BCUT2D eigenvalue weighted by atomic mass is 35.5. The van der Waals surface area contributed by atoms with Crippen LogP contribution in [-0.2, 0) is 6.54 Å². The van der Waals surface area contributed by atoms with E-state index in [1.165, 1.54) is 6.20 Å². The van der Waals surface area contributed by atoms with Crippen LogP contribution in [0, 0.1) is 0 Å². The number of rotatable bonds is 4. The van der Waals surface area contributed by atoms with Gasteiger partial charge in [0, 0.05) is 29.4 Å². The maximum Gasteiger partial charge on any atom is 0.254 e. The lowest BCUT2D eigenvalue weighted by Crippen LogP contribution is -2.36. The van der Waals surface area contributed by atoms with Crippen LogP contribution in [0.5, 0.6) is 0 Å². The summed E-state index contributed by atoms with van der Waals surface area (Å²) in [6.07, 6.45) is 1.54. The molecule has 21 heavy (non-hydrogen) atoms. The summed E-state index contributed by atoms with van der Waals surface area (Å²) >= 11 is 11.9. The Morgan fingerprint density at radius 1 is 1.24 bits per heavy atom. The van der Waals surface area contributed by atoms with Gasteiger partial charge in [0.2, 0.25) is 0 Å². The second-order valence-corrected chi connectivity index (χ2v) is 5.85. The first-order valence-electron chi connectivity index (χ1n) is 6.64. The number of hydrogen-bond acceptors (Lipinski definition) is 2. The number of nitrogens with zero attached hydrogens (tertiary/aromatic N) is 2. The molecule has 0 aliphatic rings. The van der Waals surface area contributed by atoms with E-state index in [1.54, 1.807) is 17.0 Å². The van der Waals surface area contributed by atoms with E-state index in [0.717, 1.165) is 5.56 Å². The molecule has 1 aromatic heterocycles. The van der Waals surface area contributed by atoms with Crippen molar-refractivity contribution in [2.75, 3.05) is 0 Å². The van der Waals surface area contributed by atoms with E-state index in [2.05, 4.69) is 4.98 Å². The van der Waals surface area contributed by atoms with Crippen molar-refractivity contribution >= 4 is 29.1 Å². The summed E-state index contributed by atoms with van der Waals surface area (Å²) < 4.78 is 0. The van der Waals surface area contributed by atoms with Gasteiger partial charge in [-0.15, -0.1) is 0 Å². The van der Waals surface area contributed by atoms with Gasteiger partial charge in [-0.3, -0.25) is 4.79 Å². The van der Waals surface area contributed by atoms with Gasteiger partial charge in [0.05, 0.1) is 0 Å². The van der Waals surface area contributed by atoms with E-state index in [9.17, 15) is 4.79 Å². The summed E-state index contributed by atoms with van der Waals surface area (Å²) in [6.45, 7) is 4.45. The van der Waals surface area contributed by atoms with Gasteiger partial charge in [-0.1, -0.05) is 35.3 Å². The van der Waals surface area contributed by atoms with Crippen LogP contribution in [-0.4, -0.2) is 21.8 Å². The zero-order valence-electron chi connectivity index (χ0n) is 11.9. The van der Waals surface area contributed by atoms with Crippen LogP contribution in [0.2, 0.25) is 10.2 Å². The van der Waals surface area contributed by atoms with Crippen molar-refractivity contribution in [3.8, 4) is 0 Å². The third kappa shape index (κ3) is 4.19. The van der Waals surface area contributed by atoms with Crippen LogP contribution < -0.4 is 0 Å². The first kappa shape index (κ1) is 15.8. The monoisotopic (exact) mass is 322 g/mol. The van der Waals surface area contributed by atoms with Gasteiger partial charge in [-0.2, -0.15) is 0 Å². The van der Waals surface area contributed by atoms with Crippen LogP contribution >= 0.6 is 23.2 Å². The number of carbonyl (C=O) groups is 1. The number of halogens is 2. The minimum Gasteiger partial charge on any atom is -0.332 e. The van der Waals surface area contributed by atoms with E-state index < -0.39 is 0 Å². The molecule has 0 atom stereocenters. The maximum atomic E-state index is 12.6. The zero-order valence-corrected chi connectivity index (χ0v) is 13.4. The third-order valence-electron chi connectivity index (χ3n) is 3.10. The lowest BCUT2D eigenvalue weighted by atomic mass is 10.1. The van der Waals surface area contributed by atoms with Crippen LogP contribution in [0.4, 0.5) is 0 Å². The summed E-state index contributed by atoms with van der Waals surface area (Å²) in [5, 5.41) is 0.975. The van der Waals surface area contributed by atoms with Crippen LogP contribution in [0.15, 0.2) is 42.6 Å². The lowest BCUT2D eigenvalue weighted by Gasteiger charge is -2.27. The normalized spacial score (nSPS) is 10.7. The Bertz CT molecular complexity index is 644. The molecule has 0 bridgehead atoms. The molecule has 0 fully saturated rings. The second kappa shape index (κ2) is 6.92. The SMILES string of the molecule is CC(C)N(Cc1cccc(Cl)c1)C(=O)c1ccnc(Cl)c1. The molecule has 5 heteroatoms. The standard InChI is InChI=1S/C16H16Cl2N2O/c1-11(2)20(10-12-4-3-5-14(17)8-12)16(21)13-6-7-19-15(18)9-13/h3-9,11H,10H2,1-2H3. The predicted molar refractivity (Wildman–Crippen MR) is 85.7 cm³/mol. The highest BCUT2D eigenvalue weighted by molar-refractivity contribution is 6.30. The average Bonchev–Trinajstić information content (AvgIpc) is 2.44. The minimum atomic E-state index is -0.0747. The molecule has 0 N–H and O–H groups in total. The van der Waals surface area contributed by atoms with Crippen molar-refractivity contribution in [3.63, 3.8) is 0 Å². The Morgan fingerprint density at radius 3 is 2.62 bits per heavy atom. The van der Waals surface area contributed by atoms with Gasteiger partial charge in [-0.25, -0.2) is 4.98 Å². The second-order valence-electron chi connectivity index (χ2n) is 5.02. The van der Waals surface area contributed by atoms with Gasteiger partial charge in [0.25, 0.3) is 5.91 Å². The maximum absolute atomic E-state index is 12.6. The number of amides is 1. The van der Waals surface area contributed by atoms with Crippen molar-refractivity contribution in [3.05, 3.63) is 63.9 Å². The van der Waals surface area contributed by atoms with E-state index in [1.807, 2.05) is 38.1 Å². The Kier molecular flexibility index (Phi) is 5.21. The number of carbonyl (C=O) groups excluding carboxylic acids is 1. The van der Waals surface area contributed by atoms with Gasteiger partial charge in [0.1, 0.15) is 5.15 Å². The van der Waals surface area contributed by atoms with Crippen LogP contribution in [0.25, 0.3) is 0 Å². The number of pyridine rings is 1. The van der Waals surface area contributed by atoms with Gasteiger partial charge >= 0.3 is 0 Å². The summed E-state index contributed by atoms with van der Waals surface area (Å²) in [7, 11) is 0. The van der Waals surface area contributed by atoms with Gasteiger partial charge in [0.15, 0.2) is 0 Å². The summed E-state index contributed by atoms with van der Waals surface area (Å²) in [6, 6.07) is 10.8. The van der Waals surface area contributed by atoms with Crippen LogP contribution in [0.1, 0.15) is 29.8 Å². The molecule has 1 heterocycles. The van der Waals surface area contributed by atoms with Crippen molar-refractivity contribution < 1.29 is 4.79 Å². The Balaban J connectivity index is 2.25. The molecular weight excluding hydrogens is 307 g/mol. The highest BCUT2D eigenvalue weighted by Crippen LogP contribution is 2.17. The molecule has 2 rings (SSSR count). The minimum absolute atomic E-state index is 0.0587. The van der Waals surface area contributed by atoms with E-state index in [4.69, 9.17) is 23.2 Å². The van der Waals surface area contributed by atoms with E-state index >= 15 is 0 Å². The Hall–Kier alpha value is -1.58. The quantitative estimate of drug-likeness (QED) is 0.779. The Labute approximate surface area is 134 Å². The molecule has 0 aliphatic heterocycles. The molecule has 0 unspecified atom stereocenters. The first-order valence-corrected chi connectivity index (χ1v) is 7.40. The summed E-state index contributed by atoms with van der Waals surface area (Å²) in [4.78, 5) is 18.3. The molecule has 3 nitrogen and oxygen atoms in total. The fraction of sp³-hybridized carbons (Fsp3) is 0.250. The average molecular weight is 323 g/mol. The van der Waals surface area contributed by atoms with Gasteiger partial charge < -0.3 is 4.90 Å². The van der Waals surface area contributed by atoms with Gasteiger partial charge in [-0.05, 0) is 43.7 Å². The largest absolute Gasteiger partial charge is 0.332 e. The van der Waals surface area contributed by atoms with Crippen molar-refractivity contribution in [2.24, 2.45) is 0 Å². The molecular formula is C16H16Cl2N2O. The number of aromatic nitrogens is 1. The molecule has 110 valence electrons. The summed E-state index contributed by atoms with van der Waals surface area (Å²) in [5.41, 5.74) is 1.52. The molecule has 0 spiro atoms. The van der Waals surface area contributed by atoms with Crippen LogP contribution in [0.3, 0.4) is 0 Å². The third-order valence-corrected chi connectivity index (χ3v) is 3.54. The number of benzene rings is 1. The zero-order chi connectivity index (χ0) is 15.4. The van der Waals surface area contributed by atoms with Crippen molar-refractivity contribution in [1.29, 1.82) is 0 Å². The molecule has 0 radical (unpaired) electrons. The van der Waals surface area contributed by atoms with E-state index in [0.29, 0.717) is 22.3 Å². The fourth-order valence-corrected chi connectivity index (χ4v) is 2.41. The molecule has 0 saturated carbocycles. The first-order chi connectivity index (χ1) is 9.97. The molecule has 2 aromatic rings. The summed E-state index contributed by atoms with van der Waals surface area (Å²) in [5.74, 6) is -0.0747. The molecule has 1 amide bonds.